The van der Waals surface area contributed by atoms with Gasteiger partial charge in [0.05, 0.1) is 5.69 Å². The number of rotatable bonds is 5. The van der Waals surface area contributed by atoms with Gasteiger partial charge in [-0.1, -0.05) is 19.8 Å². The van der Waals surface area contributed by atoms with Crippen molar-refractivity contribution in [2.45, 2.75) is 57.5 Å². The number of anilines is 1. The molecule has 2 N–H and O–H groups in total. The SMILES string of the molecule is C[C@@H]1CCCN(Cc2csc(NC(=O)CN3C(=O)NC4(CCCC4)C3=O)n2)C1. The summed E-state index contributed by atoms with van der Waals surface area (Å²) in [6, 6.07) is -0.471. The van der Waals surface area contributed by atoms with E-state index < -0.39 is 17.5 Å². The van der Waals surface area contributed by atoms with Gasteiger partial charge in [-0.05, 0) is 38.1 Å². The zero-order valence-corrected chi connectivity index (χ0v) is 17.0. The molecule has 4 rings (SSSR count). The van der Waals surface area contributed by atoms with Crippen molar-refractivity contribution in [3.05, 3.63) is 11.1 Å². The minimum Gasteiger partial charge on any atom is -0.323 e. The first-order valence-electron chi connectivity index (χ1n) is 10.1. The number of piperidine rings is 1. The molecule has 4 amide bonds. The molecule has 1 aromatic rings. The van der Waals surface area contributed by atoms with E-state index in [0.717, 1.165) is 43.1 Å². The van der Waals surface area contributed by atoms with Crippen molar-refractivity contribution < 1.29 is 14.4 Å². The largest absolute Gasteiger partial charge is 0.325 e. The summed E-state index contributed by atoms with van der Waals surface area (Å²) in [7, 11) is 0. The highest BCUT2D eigenvalue weighted by Crippen LogP contribution is 2.35. The topological polar surface area (TPSA) is 94.6 Å². The summed E-state index contributed by atoms with van der Waals surface area (Å²) >= 11 is 1.37. The summed E-state index contributed by atoms with van der Waals surface area (Å²) in [6.07, 6.45) is 5.63. The molecule has 8 nitrogen and oxygen atoms in total. The Morgan fingerprint density at radius 1 is 1.36 bits per heavy atom. The molecule has 1 spiro atoms. The zero-order valence-electron chi connectivity index (χ0n) is 16.2. The van der Waals surface area contributed by atoms with Crippen molar-refractivity contribution in [2.75, 3.05) is 25.0 Å². The third kappa shape index (κ3) is 3.91. The minimum atomic E-state index is -0.780. The van der Waals surface area contributed by atoms with Gasteiger partial charge in [-0.2, -0.15) is 0 Å². The standard InChI is InChI=1S/C19H27N5O3S/c1-13-5-4-8-23(9-13)10-14-12-28-17(20-14)21-15(25)11-24-16(26)19(22-18(24)27)6-2-3-7-19/h12-13H,2-11H2,1H3,(H,22,27)(H,20,21,25)/t13-/m1/s1. The second kappa shape index (κ2) is 7.79. The molecule has 0 aromatic carbocycles. The number of aromatic nitrogens is 1. The predicted octanol–water partition coefficient (Wildman–Crippen LogP) is 2.18. The number of urea groups is 1. The first-order valence-corrected chi connectivity index (χ1v) is 10.9. The summed E-state index contributed by atoms with van der Waals surface area (Å²) < 4.78 is 0. The second-order valence-corrected chi connectivity index (χ2v) is 9.14. The molecular weight excluding hydrogens is 378 g/mol. The Bertz CT molecular complexity index is 773. The number of amides is 4. The van der Waals surface area contributed by atoms with Gasteiger partial charge in [-0.15, -0.1) is 11.3 Å². The van der Waals surface area contributed by atoms with Gasteiger partial charge in [-0.25, -0.2) is 9.78 Å². The van der Waals surface area contributed by atoms with E-state index in [9.17, 15) is 14.4 Å². The van der Waals surface area contributed by atoms with Crippen molar-refractivity contribution in [3.8, 4) is 0 Å². The van der Waals surface area contributed by atoms with Crippen molar-refractivity contribution in [1.82, 2.24) is 20.1 Å². The van der Waals surface area contributed by atoms with Crippen molar-refractivity contribution in [3.63, 3.8) is 0 Å². The predicted molar refractivity (Wildman–Crippen MR) is 106 cm³/mol. The number of nitrogens with one attached hydrogen (secondary N) is 2. The van der Waals surface area contributed by atoms with E-state index >= 15 is 0 Å². The molecule has 9 heteroatoms. The molecule has 2 aliphatic heterocycles. The lowest BCUT2D eigenvalue weighted by molar-refractivity contribution is -0.133. The lowest BCUT2D eigenvalue weighted by Crippen LogP contribution is -2.44. The van der Waals surface area contributed by atoms with Crippen LogP contribution >= 0.6 is 11.3 Å². The molecule has 2 saturated heterocycles. The maximum Gasteiger partial charge on any atom is 0.325 e. The van der Waals surface area contributed by atoms with Gasteiger partial charge >= 0.3 is 6.03 Å². The van der Waals surface area contributed by atoms with Crippen LogP contribution in [0.5, 0.6) is 0 Å². The van der Waals surface area contributed by atoms with Crippen LogP contribution in [0.15, 0.2) is 5.38 Å². The Kier molecular flexibility index (Phi) is 5.37. The zero-order chi connectivity index (χ0) is 19.7. The number of likely N-dealkylation sites (tertiary alicyclic amines) is 1. The van der Waals surface area contributed by atoms with Crippen LogP contribution < -0.4 is 10.6 Å². The Hall–Kier alpha value is -2.00. The smallest absolute Gasteiger partial charge is 0.323 e. The van der Waals surface area contributed by atoms with Crippen LogP contribution in [0.2, 0.25) is 0 Å². The monoisotopic (exact) mass is 405 g/mol. The maximum atomic E-state index is 12.6. The van der Waals surface area contributed by atoms with Gasteiger partial charge in [-0.3, -0.25) is 19.4 Å². The van der Waals surface area contributed by atoms with E-state index in [1.807, 2.05) is 5.38 Å². The number of hydrogen-bond donors (Lipinski definition) is 2. The highest BCUT2D eigenvalue weighted by Gasteiger charge is 2.52. The Balaban J connectivity index is 1.31. The minimum absolute atomic E-state index is 0.273. The quantitative estimate of drug-likeness (QED) is 0.732. The first kappa shape index (κ1) is 19.3. The second-order valence-electron chi connectivity index (χ2n) is 8.29. The Morgan fingerprint density at radius 2 is 2.14 bits per heavy atom. The highest BCUT2D eigenvalue weighted by atomic mass is 32.1. The van der Waals surface area contributed by atoms with Crippen LogP contribution in [-0.2, 0) is 16.1 Å². The lowest BCUT2D eigenvalue weighted by atomic mass is 9.98. The molecule has 0 unspecified atom stereocenters. The molecule has 3 heterocycles. The number of carbonyl (C=O) groups excluding carboxylic acids is 3. The molecular formula is C19H27N5O3S. The summed E-state index contributed by atoms with van der Waals surface area (Å²) in [5.74, 6) is 0.0362. The third-order valence-corrected chi connectivity index (χ3v) is 6.74. The van der Waals surface area contributed by atoms with Crippen LogP contribution in [0.3, 0.4) is 0 Å². The number of hydrogen-bond acceptors (Lipinski definition) is 6. The van der Waals surface area contributed by atoms with E-state index in [2.05, 4.69) is 27.4 Å². The third-order valence-electron chi connectivity index (χ3n) is 5.93. The van der Waals surface area contributed by atoms with Crippen molar-refractivity contribution in [2.24, 2.45) is 5.92 Å². The number of imide groups is 1. The lowest BCUT2D eigenvalue weighted by Gasteiger charge is -2.30. The van der Waals surface area contributed by atoms with Gasteiger partial charge in [0.15, 0.2) is 5.13 Å². The van der Waals surface area contributed by atoms with Gasteiger partial charge in [0.2, 0.25) is 5.91 Å². The van der Waals surface area contributed by atoms with Crippen LogP contribution in [0.1, 0.15) is 51.1 Å². The van der Waals surface area contributed by atoms with Crippen LogP contribution in [0, 0.1) is 5.92 Å². The molecule has 0 radical (unpaired) electrons. The van der Waals surface area contributed by atoms with Gasteiger partial charge in [0, 0.05) is 18.5 Å². The van der Waals surface area contributed by atoms with Crippen LogP contribution in [0.4, 0.5) is 9.93 Å². The normalized spacial score (nSPS) is 24.8. The molecule has 0 bridgehead atoms. The van der Waals surface area contributed by atoms with Gasteiger partial charge in [0.25, 0.3) is 5.91 Å². The number of carbonyl (C=O) groups is 3. The molecule has 152 valence electrons. The van der Waals surface area contributed by atoms with E-state index in [1.54, 1.807) is 0 Å². The highest BCUT2D eigenvalue weighted by molar-refractivity contribution is 7.13. The summed E-state index contributed by atoms with van der Waals surface area (Å²) in [4.78, 5) is 45.1. The van der Waals surface area contributed by atoms with E-state index in [0.29, 0.717) is 23.9 Å². The Labute approximate surface area is 168 Å². The summed E-state index contributed by atoms with van der Waals surface area (Å²) in [5.41, 5.74) is 0.159. The summed E-state index contributed by atoms with van der Waals surface area (Å²) in [5, 5.41) is 7.98. The van der Waals surface area contributed by atoms with Crippen molar-refractivity contribution in [1.29, 1.82) is 0 Å². The van der Waals surface area contributed by atoms with Gasteiger partial charge < -0.3 is 10.6 Å². The maximum absolute atomic E-state index is 12.6. The Morgan fingerprint density at radius 3 is 2.89 bits per heavy atom. The van der Waals surface area contributed by atoms with E-state index in [4.69, 9.17) is 0 Å². The summed E-state index contributed by atoms with van der Waals surface area (Å²) in [6.45, 7) is 4.94. The fourth-order valence-electron chi connectivity index (χ4n) is 4.54. The van der Waals surface area contributed by atoms with E-state index in [1.165, 1.54) is 24.2 Å². The fraction of sp³-hybridized carbons (Fsp3) is 0.684. The van der Waals surface area contributed by atoms with E-state index in [-0.39, 0.29) is 12.5 Å². The fourth-order valence-corrected chi connectivity index (χ4v) is 5.25. The average molecular weight is 406 g/mol. The molecule has 3 aliphatic rings. The van der Waals surface area contributed by atoms with Crippen LogP contribution in [0.25, 0.3) is 0 Å². The van der Waals surface area contributed by atoms with Gasteiger partial charge in [0.1, 0.15) is 12.1 Å². The van der Waals surface area contributed by atoms with Crippen molar-refractivity contribution >= 4 is 34.3 Å². The molecule has 1 atom stereocenters. The molecule has 1 saturated carbocycles. The number of nitrogens with zero attached hydrogens (tertiary/aromatic N) is 3. The molecule has 1 aliphatic carbocycles. The molecule has 3 fully saturated rings. The first-order chi connectivity index (χ1) is 13.4. The van der Waals surface area contributed by atoms with Crippen LogP contribution in [-0.4, -0.2) is 57.8 Å². The number of thiazole rings is 1. The molecule has 28 heavy (non-hydrogen) atoms. The average Bonchev–Trinajstić information content (AvgIpc) is 3.34. The molecule has 1 aromatic heterocycles.